The zero-order valence-electron chi connectivity index (χ0n) is 11.4. The number of alkyl halides is 1. The van der Waals surface area contributed by atoms with E-state index in [2.05, 4.69) is 15.5 Å². The van der Waals surface area contributed by atoms with Gasteiger partial charge in [-0.15, -0.1) is 11.6 Å². The van der Waals surface area contributed by atoms with Crippen LogP contribution in [0, 0.1) is 12.8 Å². The molecule has 2 atom stereocenters. The van der Waals surface area contributed by atoms with Crippen molar-refractivity contribution in [2.45, 2.75) is 44.9 Å². The summed E-state index contributed by atoms with van der Waals surface area (Å²) in [5.41, 5.74) is 2.17. The van der Waals surface area contributed by atoms with Crippen molar-refractivity contribution in [3.63, 3.8) is 0 Å². The van der Waals surface area contributed by atoms with Crippen molar-refractivity contribution < 1.29 is 4.79 Å². The second-order valence-corrected chi connectivity index (χ2v) is 5.80. The minimum absolute atomic E-state index is 0.0483. The SMILES string of the molecule is CCc1nnc(C)cc1C(=O)NCC1CCC(Cl)C1. The van der Waals surface area contributed by atoms with E-state index in [9.17, 15) is 4.79 Å². The molecule has 104 valence electrons. The van der Waals surface area contributed by atoms with Crippen LogP contribution in [0.5, 0.6) is 0 Å². The summed E-state index contributed by atoms with van der Waals surface area (Å²) < 4.78 is 0. The Morgan fingerprint density at radius 1 is 1.47 bits per heavy atom. The molecule has 4 nitrogen and oxygen atoms in total. The van der Waals surface area contributed by atoms with Crippen molar-refractivity contribution in [3.8, 4) is 0 Å². The lowest BCUT2D eigenvalue weighted by Gasteiger charge is -2.12. The Balaban J connectivity index is 1.97. The molecule has 1 aliphatic rings. The topological polar surface area (TPSA) is 54.9 Å². The Bertz CT molecular complexity index is 464. The number of nitrogens with zero attached hydrogens (tertiary/aromatic N) is 2. The number of amides is 1. The quantitative estimate of drug-likeness (QED) is 0.863. The molecule has 5 heteroatoms. The minimum atomic E-state index is -0.0483. The third-order valence-electron chi connectivity index (χ3n) is 3.60. The summed E-state index contributed by atoms with van der Waals surface area (Å²) in [6.07, 6.45) is 3.86. The summed E-state index contributed by atoms with van der Waals surface area (Å²) in [4.78, 5) is 12.2. The zero-order valence-corrected chi connectivity index (χ0v) is 12.2. The van der Waals surface area contributed by atoms with Crippen molar-refractivity contribution in [2.75, 3.05) is 6.54 Å². The predicted octanol–water partition coefficient (Wildman–Crippen LogP) is 2.48. The fourth-order valence-electron chi connectivity index (χ4n) is 2.50. The van der Waals surface area contributed by atoms with Gasteiger partial charge in [0.15, 0.2) is 0 Å². The maximum Gasteiger partial charge on any atom is 0.253 e. The van der Waals surface area contributed by atoms with Crippen LogP contribution in [-0.2, 0) is 6.42 Å². The van der Waals surface area contributed by atoms with Crippen LogP contribution in [0.15, 0.2) is 6.07 Å². The highest BCUT2D eigenvalue weighted by Crippen LogP contribution is 2.28. The second-order valence-electron chi connectivity index (χ2n) is 5.19. The zero-order chi connectivity index (χ0) is 13.8. The summed E-state index contributed by atoms with van der Waals surface area (Å²) in [6, 6.07) is 1.81. The number of nitrogens with one attached hydrogen (secondary N) is 1. The van der Waals surface area contributed by atoms with E-state index >= 15 is 0 Å². The molecule has 1 aromatic heterocycles. The molecule has 0 spiro atoms. The number of hydrogen-bond donors (Lipinski definition) is 1. The fourth-order valence-corrected chi connectivity index (χ4v) is 2.88. The normalized spacial score (nSPS) is 22.5. The maximum absolute atomic E-state index is 12.2. The summed E-state index contributed by atoms with van der Waals surface area (Å²) in [5.74, 6) is 0.459. The fraction of sp³-hybridized carbons (Fsp3) is 0.643. The largest absolute Gasteiger partial charge is 0.352 e. The molecular weight excluding hydrogens is 262 g/mol. The first kappa shape index (κ1) is 14.3. The van der Waals surface area contributed by atoms with E-state index in [1.165, 1.54) is 0 Å². The van der Waals surface area contributed by atoms with Crippen molar-refractivity contribution in [1.29, 1.82) is 0 Å². The first-order valence-electron chi connectivity index (χ1n) is 6.85. The number of hydrogen-bond acceptors (Lipinski definition) is 3. The van der Waals surface area contributed by atoms with E-state index in [1.54, 1.807) is 6.07 Å². The Labute approximate surface area is 118 Å². The molecule has 0 radical (unpaired) electrons. The van der Waals surface area contributed by atoms with Crippen LogP contribution in [0.2, 0.25) is 0 Å². The lowest BCUT2D eigenvalue weighted by atomic mass is 10.1. The molecule has 1 aromatic rings. The van der Waals surface area contributed by atoms with Crippen LogP contribution in [0.25, 0.3) is 0 Å². The predicted molar refractivity (Wildman–Crippen MR) is 75.5 cm³/mol. The minimum Gasteiger partial charge on any atom is -0.352 e. The maximum atomic E-state index is 12.2. The van der Waals surface area contributed by atoms with Crippen LogP contribution in [0.1, 0.15) is 47.9 Å². The third kappa shape index (κ3) is 3.66. The summed E-state index contributed by atoms with van der Waals surface area (Å²) in [6.45, 7) is 4.52. The van der Waals surface area contributed by atoms with Crippen molar-refractivity contribution in [1.82, 2.24) is 15.5 Å². The Kier molecular flexibility index (Phi) is 4.75. The highest BCUT2D eigenvalue weighted by molar-refractivity contribution is 6.20. The summed E-state index contributed by atoms with van der Waals surface area (Å²) >= 11 is 6.08. The molecule has 19 heavy (non-hydrogen) atoms. The molecule has 1 amide bonds. The van der Waals surface area contributed by atoms with Crippen molar-refractivity contribution >= 4 is 17.5 Å². The van der Waals surface area contributed by atoms with Gasteiger partial charge < -0.3 is 5.32 Å². The van der Waals surface area contributed by atoms with Gasteiger partial charge in [-0.2, -0.15) is 10.2 Å². The van der Waals surface area contributed by atoms with Gasteiger partial charge in [0, 0.05) is 11.9 Å². The van der Waals surface area contributed by atoms with Gasteiger partial charge in [0.1, 0.15) is 0 Å². The Morgan fingerprint density at radius 2 is 2.26 bits per heavy atom. The molecule has 1 aliphatic carbocycles. The first-order chi connectivity index (χ1) is 9.10. The van der Waals surface area contributed by atoms with E-state index in [1.807, 2.05) is 13.8 Å². The highest BCUT2D eigenvalue weighted by Gasteiger charge is 2.23. The van der Waals surface area contributed by atoms with Gasteiger partial charge >= 0.3 is 0 Å². The van der Waals surface area contributed by atoms with Crippen LogP contribution in [-0.4, -0.2) is 28.0 Å². The van der Waals surface area contributed by atoms with E-state index in [4.69, 9.17) is 11.6 Å². The lowest BCUT2D eigenvalue weighted by Crippen LogP contribution is -2.29. The summed E-state index contributed by atoms with van der Waals surface area (Å²) in [5, 5.41) is 11.3. The molecule has 0 saturated heterocycles. The number of halogens is 1. The molecule has 0 aliphatic heterocycles. The van der Waals surface area contributed by atoms with Gasteiger partial charge in [0.25, 0.3) is 5.91 Å². The van der Waals surface area contributed by atoms with Gasteiger partial charge in [-0.3, -0.25) is 4.79 Å². The molecule has 0 aromatic carbocycles. The summed E-state index contributed by atoms with van der Waals surface area (Å²) in [7, 11) is 0. The van der Waals surface area contributed by atoms with Gasteiger partial charge in [0.2, 0.25) is 0 Å². The van der Waals surface area contributed by atoms with Gasteiger partial charge in [-0.05, 0) is 44.6 Å². The average Bonchev–Trinajstić information content (AvgIpc) is 2.81. The first-order valence-corrected chi connectivity index (χ1v) is 7.29. The third-order valence-corrected chi connectivity index (χ3v) is 4.00. The molecule has 1 saturated carbocycles. The van der Waals surface area contributed by atoms with Crippen molar-refractivity contribution in [3.05, 3.63) is 23.0 Å². The molecule has 1 fully saturated rings. The lowest BCUT2D eigenvalue weighted by molar-refractivity contribution is 0.0945. The molecule has 0 bridgehead atoms. The van der Waals surface area contributed by atoms with Crippen molar-refractivity contribution in [2.24, 2.45) is 5.92 Å². The Morgan fingerprint density at radius 3 is 2.89 bits per heavy atom. The highest BCUT2D eigenvalue weighted by atomic mass is 35.5. The van der Waals surface area contributed by atoms with Gasteiger partial charge in [-0.1, -0.05) is 6.92 Å². The molecular formula is C14H20ClN3O. The molecule has 1 N–H and O–H groups in total. The number of carbonyl (C=O) groups excluding carboxylic acids is 1. The Hall–Kier alpha value is -1.16. The average molecular weight is 282 g/mol. The molecule has 2 unspecified atom stereocenters. The molecule has 1 heterocycles. The van der Waals surface area contributed by atoms with Crippen LogP contribution in [0.4, 0.5) is 0 Å². The van der Waals surface area contributed by atoms with E-state index in [0.717, 1.165) is 30.7 Å². The second kappa shape index (κ2) is 6.33. The standard InChI is InChI=1S/C14H20ClN3O/c1-3-13-12(6-9(2)17-18-13)14(19)16-8-10-4-5-11(15)7-10/h6,10-11H,3-5,7-8H2,1-2H3,(H,16,19). The van der Waals surface area contributed by atoms with Crippen LogP contribution < -0.4 is 5.32 Å². The van der Waals surface area contributed by atoms with Crippen LogP contribution >= 0.6 is 11.6 Å². The van der Waals surface area contributed by atoms with Gasteiger partial charge in [0.05, 0.1) is 17.0 Å². The van der Waals surface area contributed by atoms with E-state index < -0.39 is 0 Å². The number of carbonyl (C=O) groups is 1. The van der Waals surface area contributed by atoms with E-state index in [0.29, 0.717) is 24.4 Å². The molecule has 2 rings (SSSR count). The number of aromatic nitrogens is 2. The van der Waals surface area contributed by atoms with Gasteiger partial charge in [-0.25, -0.2) is 0 Å². The monoisotopic (exact) mass is 281 g/mol. The smallest absolute Gasteiger partial charge is 0.253 e. The number of aryl methyl sites for hydroxylation is 2. The number of rotatable bonds is 4. The van der Waals surface area contributed by atoms with Crippen LogP contribution in [0.3, 0.4) is 0 Å². The van der Waals surface area contributed by atoms with E-state index in [-0.39, 0.29) is 11.3 Å².